The molecule has 1 aromatic rings. The van der Waals surface area contributed by atoms with E-state index in [-0.39, 0.29) is 11.7 Å². The molecule has 2 aliphatic rings. The number of thiophene rings is 1. The minimum Gasteiger partial charge on any atom is -0.319 e. The number of nitrogens with one attached hydrogen (secondary N) is 1. The highest BCUT2D eigenvalue weighted by atomic mass is 32.1. The van der Waals surface area contributed by atoms with Crippen molar-refractivity contribution >= 4 is 17.2 Å². The summed E-state index contributed by atoms with van der Waals surface area (Å²) in [4.78, 5) is 14.5. The van der Waals surface area contributed by atoms with Crippen molar-refractivity contribution in [2.24, 2.45) is 0 Å². The second-order valence-corrected chi connectivity index (χ2v) is 5.94. The van der Waals surface area contributed by atoms with Crippen LogP contribution in [-0.4, -0.2) is 22.4 Å². The fraction of sp³-hybridized carbons (Fsp3) is 0.615. The monoisotopic (exact) mass is 250 g/mol. The molecule has 1 spiro atoms. The SMILES string of the molecule is CCC(C)N1C(=O)C2(CC2)NC1c1ccsc1. The largest absolute Gasteiger partial charge is 0.319 e. The maximum absolute atomic E-state index is 12.5. The van der Waals surface area contributed by atoms with Crippen molar-refractivity contribution < 1.29 is 4.79 Å². The number of amides is 1. The van der Waals surface area contributed by atoms with E-state index in [1.165, 1.54) is 5.56 Å². The van der Waals surface area contributed by atoms with Gasteiger partial charge in [0.15, 0.2) is 0 Å². The first-order valence-corrected chi connectivity index (χ1v) is 7.25. The Hall–Kier alpha value is -0.870. The molecule has 1 aromatic heterocycles. The molecule has 0 radical (unpaired) electrons. The van der Waals surface area contributed by atoms with Gasteiger partial charge in [0, 0.05) is 6.04 Å². The Bertz CT molecular complexity index is 425. The van der Waals surface area contributed by atoms with E-state index in [9.17, 15) is 4.79 Å². The predicted octanol–water partition coefficient (Wildman–Crippen LogP) is 2.51. The van der Waals surface area contributed by atoms with Crippen molar-refractivity contribution in [1.82, 2.24) is 10.2 Å². The smallest absolute Gasteiger partial charge is 0.244 e. The molecule has 0 bridgehead atoms. The van der Waals surface area contributed by atoms with E-state index in [0.717, 1.165) is 19.3 Å². The quantitative estimate of drug-likeness (QED) is 0.894. The summed E-state index contributed by atoms with van der Waals surface area (Å²) < 4.78 is 0. The number of carbonyl (C=O) groups is 1. The van der Waals surface area contributed by atoms with Crippen molar-refractivity contribution in [2.75, 3.05) is 0 Å². The molecule has 2 heterocycles. The van der Waals surface area contributed by atoms with Crippen LogP contribution in [0, 0.1) is 0 Å². The van der Waals surface area contributed by atoms with Gasteiger partial charge >= 0.3 is 0 Å². The topological polar surface area (TPSA) is 32.3 Å². The maximum Gasteiger partial charge on any atom is 0.244 e. The van der Waals surface area contributed by atoms with Gasteiger partial charge < -0.3 is 4.90 Å². The third kappa shape index (κ3) is 1.62. The van der Waals surface area contributed by atoms with E-state index in [2.05, 4.69) is 40.9 Å². The molecule has 1 aliphatic heterocycles. The van der Waals surface area contributed by atoms with Crippen LogP contribution < -0.4 is 5.32 Å². The minimum absolute atomic E-state index is 0.0891. The van der Waals surface area contributed by atoms with Crippen molar-refractivity contribution in [1.29, 1.82) is 0 Å². The Labute approximate surface area is 106 Å². The Morgan fingerprint density at radius 1 is 1.65 bits per heavy atom. The van der Waals surface area contributed by atoms with E-state index >= 15 is 0 Å². The van der Waals surface area contributed by atoms with Crippen LogP contribution in [0.4, 0.5) is 0 Å². The predicted molar refractivity (Wildman–Crippen MR) is 68.8 cm³/mol. The van der Waals surface area contributed by atoms with Gasteiger partial charge in [0.2, 0.25) is 5.91 Å². The fourth-order valence-corrected chi connectivity index (χ4v) is 3.25. The third-order valence-electron chi connectivity index (χ3n) is 4.01. The van der Waals surface area contributed by atoms with Crippen LogP contribution in [0.25, 0.3) is 0 Å². The second-order valence-electron chi connectivity index (χ2n) is 5.16. The Balaban J connectivity index is 1.93. The highest BCUT2D eigenvalue weighted by molar-refractivity contribution is 7.07. The number of nitrogens with zero attached hydrogens (tertiary/aromatic N) is 1. The molecule has 2 atom stereocenters. The molecular formula is C13H18N2OS. The average molecular weight is 250 g/mol. The summed E-state index contributed by atoms with van der Waals surface area (Å²) >= 11 is 1.69. The van der Waals surface area contributed by atoms with E-state index in [4.69, 9.17) is 0 Å². The molecule has 4 heteroatoms. The van der Waals surface area contributed by atoms with Crippen LogP contribution in [0.3, 0.4) is 0 Å². The molecule has 3 rings (SSSR count). The molecule has 2 fully saturated rings. The van der Waals surface area contributed by atoms with Gasteiger partial charge in [-0.15, -0.1) is 0 Å². The molecule has 92 valence electrons. The molecule has 17 heavy (non-hydrogen) atoms. The summed E-state index contributed by atoms with van der Waals surface area (Å²) in [5.41, 5.74) is 1.02. The first kappa shape index (κ1) is 11.2. The maximum atomic E-state index is 12.5. The van der Waals surface area contributed by atoms with Gasteiger partial charge in [-0.25, -0.2) is 0 Å². The highest BCUT2D eigenvalue weighted by Crippen LogP contribution is 2.47. The molecule has 1 N–H and O–H groups in total. The Morgan fingerprint density at radius 3 is 2.94 bits per heavy atom. The molecule has 2 unspecified atom stereocenters. The summed E-state index contributed by atoms with van der Waals surface area (Å²) in [5.74, 6) is 0.308. The third-order valence-corrected chi connectivity index (χ3v) is 4.71. The zero-order valence-electron chi connectivity index (χ0n) is 10.3. The molecule has 1 aliphatic carbocycles. The Morgan fingerprint density at radius 2 is 2.41 bits per heavy atom. The van der Waals surface area contributed by atoms with Crippen LogP contribution in [0.2, 0.25) is 0 Å². The second kappa shape index (κ2) is 3.82. The van der Waals surface area contributed by atoms with Crippen LogP contribution in [0.5, 0.6) is 0 Å². The van der Waals surface area contributed by atoms with E-state index in [1.807, 2.05) is 0 Å². The summed E-state index contributed by atoms with van der Waals surface area (Å²) in [5, 5.41) is 7.76. The molecular weight excluding hydrogens is 232 g/mol. The Kier molecular flexibility index (Phi) is 2.52. The standard InChI is InChI=1S/C13H18N2OS/c1-3-9(2)15-11(10-4-7-17-8-10)14-13(5-6-13)12(15)16/h4,7-9,11,14H,3,5-6H2,1-2H3. The zero-order chi connectivity index (χ0) is 12.0. The van der Waals surface area contributed by atoms with Crippen molar-refractivity contribution in [2.45, 2.75) is 50.9 Å². The van der Waals surface area contributed by atoms with Crippen molar-refractivity contribution in [3.05, 3.63) is 22.4 Å². The molecule has 3 nitrogen and oxygen atoms in total. The first-order chi connectivity index (χ1) is 8.18. The molecule has 1 amide bonds. The van der Waals surface area contributed by atoms with E-state index in [0.29, 0.717) is 11.9 Å². The van der Waals surface area contributed by atoms with Gasteiger partial charge in [-0.3, -0.25) is 10.1 Å². The molecule has 1 saturated heterocycles. The summed E-state index contributed by atoms with van der Waals surface area (Å²) in [6.07, 6.45) is 3.09. The lowest BCUT2D eigenvalue weighted by Crippen LogP contribution is -2.38. The van der Waals surface area contributed by atoms with Gasteiger partial charge in [-0.2, -0.15) is 11.3 Å². The average Bonchev–Trinajstić information content (AvgIpc) is 2.81. The molecule has 1 saturated carbocycles. The van der Waals surface area contributed by atoms with Crippen LogP contribution in [0.1, 0.15) is 44.8 Å². The highest BCUT2D eigenvalue weighted by Gasteiger charge is 2.60. The van der Waals surface area contributed by atoms with Crippen molar-refractivity contribution in [3.8, 4) is 0 Å². The van der Waals surface area contributed by atoms with Crippen LogP contribution in [0.15, 0.2) is 16.8 Å². The van der Waals surface area contributed by atoms with Crippen LogP contribution >= 0.6 is 11.3 Å². The number of rotatable bonds is 3. The van der Waals surface area contributed by atoms with Crippen LogP contribution in [-0.2, 0) is 4.79 Å². The lowest BCUT2D eigenvalue weighted by atomic mass is 10.1. The van der Waals surface area contributed by atoms with Gasteiger partial charge in [0.25, 0.3) is 0 Å². The van der Waals surface area contributed by atoms with Gasteiger partial charge in [0.05, 0.1) is 0 Å². The summed E-state index contributed by atoms with van der Waals surface area (Å²) in [6.45, 7) is 4.28. The van der Waals surface area contributed by atoms with Gasteiger partial charge in [-0.1, -0.05) is 6.92 Å². The fourth-order valence-electron chi connectivity index (χ4n) is 2.57. The van der Waals surface area contributed by atoms with Crippen molar-refractivity contribution in [3.63, 3.8) is 0 Å². The van der Waals surface area contributed by atoms with E-state index in [1.54, 1.807) is 11.3 Å². The number of hydrogen-bond donors (Lipinski definition) is 1. The summed E-state index contributed by atoms with van der Waals surface area (Å²) in [6, 6.07) is 2.42. The van der Waals surface area contributed by atoms with Gasteiger partial charge in [0.1, 0.15) is 11.7 Å². The molecule has 0 aromatic carbocycles. The lowest BCUT2D eigenvalue weighted by Gasteiger charge is -2.29. The lowest BCUT2D eigenvalue weighted by molar-refractivity contribution is -0.132. The van der Waals surface area contributed by atoms with Gasteiger partial charge in [-0.05, 0) is 48.6 Å². The minimum atomic E-state index is -0.212. The number of carbonyl (C=O) groups excluding carboxylic acids is 1. The first-order valence-electron chi connectivity index (χ1n) is 6.30. The number of hydrogen-bond acceptors (Lipinski definition) is 3. The zero-order valence-corrected chi connectivity index (χ0v) is 11.1. The normalized spacial score (nSPS) is 27.8. The summed E-state index contributed by atoms with van der Waals surface area (Å²) in [7, 11) is 0. The van der Waals surface area contributed by atoms with E-state index < -0.39 is 0 Å².